The quantitative estimate of drug-likeness (QED) is 0.713. The van der Waals surface area contributed by atoms with Crippen LogP contribution in [-0.2, 0) is 16.0 Å². The summed E-state index contributed by atoms with van der Waals surface area (Å²) in [7, 11) is 0. The summed E-state index contributed by atoms with van der Waals surface area (Å²) in [4.78, 5) is 26.5. The van der Waals surface area contributed by atoms with Crippen LogP contribution in [0.2, 0.25) is 5.02 Å². The highest BCUT2D eigenvalue weighted by Gasteiger charge is 2.45. The predicted octanol–water partition coefficient (Wildman–Crippen LogP) is 3.74. The van der Waals surface area contributed by atoms with Crippen LogP contribution in [0.5, 0.6) is 0 Å². The van der Waals surface area contributed by atoms with Crippen LogP contribution >= 0.6 is 11.6 Å². The molecule has 2 aliphatic heterocycles. The highest BCUT2D eigenvalue weighted by Crippen LogP contribution is 2.34. The van der Waals surface area contributed by atoms with E-state index in [4.69, 9.17) is 11.6 Å². The summed E-state index contributed by atoms with van der Waals surface area (Å²) in [6, 6.07) is 17.7. The Morgan fingerprint density at radius 1 is 1.07 bits per heavy atom. The van der Waals surface area contributed by atoms with Gasteiger partial charge in [0.1, 0.15) is 5.92 Å². The minimum absolute atomic E-state index is 0.0178. The molecule has 0 aromatic heterocycles. The molecule has 1 amide bonds. The number of ketones is 1. The van der Waals surface area contributed by atoms with E-state index in [1.807, 2.05) is 42.5 Å². The SMILES string of the molecule is O=C1NCC(Cc2ccccc2)[C@@H]1C(=O)[C@@H](c1ccc(Cl)cc1)[C@@H]1CCCCN1. The van der Waals surface area contributed by atoms with Crippen molar-refractivity contribution in [1.29, 1.82) is 0 Å². The van der Waals surface area contributed by atoms with Crippen molar-refractivity contribution in [3.8, 4) is 0 Å². The third-order valence-corrected chi connectivity index (χ3v) is 6.48. The fraction of sp³-hybridized carbons (Fsp3) is 0.417. The molecule has 4 nitrogen and oxygen atoms in total. The topological polar surface area (TPSA) is 58.2 Å². The molecule has 2 fully saturated rings. The zero-order valence-corrected chi connectivity index (χ0v) is 17.2. The molecule has 0 bridgehead atoms. The van der Waals surface area contributed by atoms with Gasteiger partial charge in [0.05, 0.1) is 5.92 Å². The fourth-order valence-corrected chi connectivity index (χ4v) is 4.89. The van der Waals surface area contributed by atoms with E-state index in [-0.39, 0.29) is 29.6 Å². The highest BCUT2D eigenvalue weighted by atomic mass is 35.5. The van der Waals surface area contributed by atoms with Gasteiger partial charge in [0.2, 0.25) is 5.91 Å². The zero-order valence-electron chi connectivity index (χ0n) is 16.4. The van der Waals surface area contributed by atoms with Gasteiger partial charge < -0.3 is 10.6 Å². The minimum Gasteiger partial charge on any atom is -0.355 e. The summed E-state index contributed by atoms with van der Waals surface area (Å²) >= 11 is 6.08. The van der Waals surface area contributed by atoms with Crippen molar-refractivity contribution in [2.24, 2.45) is 11.8 Å². The number of hydrogen-bond acceptors (Lipinski definition) is 3. The molecule has 29 heavy (non-hydrogen) atoms. The third kappa shape index (κ3) is 4.54. The average Bonchev–Trinajstić information content (AvgIpc) is 3.11. The molecular weight excluding hydrogens is 384 g/mol. The van der Waals surface area contributed by atoms with Crippen LogP contribution in [0.1, 0.15) is 36.3 Å². The largest absolute Gasteiger partial charge is 0.355 e. The van der Waals surface area contributed by atoms with Gasteiger partial charge in [-0.3, -0.25) is 9.59 Å². The Kier molecular flexibility index (Phi) is 6.31. The van der Waals surface area contributed by atoms with Crippen molar-refractivity contribution >= 4 is 23.3 Å². The van der Waals surface area contributed by atoms with E-state index >= 15 is 0 Å². The van der Waals surface area contributed by atoms with E-state index in [1.165, 1.54) is 0 Å². The van der Waals surface area contributed by atoms with Crippen LogP contribution in [0.15, 0.2) is 54.6 Å². The summed E-state index contributed by atoms with van der Waals surface area (Å²) in [5.41, 5.74) is 2.10. The molecule has 2 aromatic carbocycles. The first-order chi connectivity index (χ1) is 14.1. The summed E-state index contributed by atoms with van der Waals surface area (Å²) in [6.07, 6.45) is 3.88. The van der Waals surface area contributed by atoms with Gasteiger partial charge in [0.25, 0.3) is 0 Å². The standard InChI is InChI=1S/C24H27ClN2O2/c25-19-11-9-17(10-12-19)21(20-8-4-5-13-26-20)23(28)22-18(15-27-24(22)29)14-16-6-2-1-3-7-16/h1-3,6-7,9-12,18,20-22,26H,4-5,8,13-15H2,(H,27,29)/t18?,20-,21-,22+/m0/s1. The van der Waals surface area contributed by atoms with Crippen LogP contribution in [-0.4, -0.2) is 30.8 Å². The molecule has 2 N–H and O–H groups in total. The van der Waals surface area contributed by atoms with Gasteiger partial charge in [-0.25, -0.2) is 0 Å². The molecule has 2 aromatic rings. The maximum absolute atomic E-state index is 13.8. The lowest BCUT2D eigenvalue weighted by atomic mass is 9.75. The second-order valence-corrected chi connectivity index (χ2v) is 8.60. The van der Waals surface area contributed by atoms with Crippen LogP contribution < -0.4 is 10.6 Å². The summed E-state index contributed by atoms with van der Waals surface area (Å²) < 4.78 is 0. The Labute approximate surface area is 177 Å². The van der Waals surface area contributed by atoms with Gasteiger partial charge in [-0.2, -0.15) is 0 Å². The second-order valence-electron chi connectivity index (χ2n) is 8.16. The van der Waals surface area contributed by atoms with Gasteiger partial charge in [0.15, 0.2) is 5.78 Å². The van der Waals surface area contributed by atoms with E-state index < -0.39 is 5.92 Å². The van der Waals surface area contributed by atoms with Crippen molar-refractivity contribution in [3.63, 3.8) is 0 Å². The summed E-state index contributed by atoms with van der Waals surface area (Å²) in [5, 5.41) is 7.12. The van der Waals surface area contributed by atoms with Gasteiger partial charge in [-0.15, -0.1) is 0 Å². The zero-order chi connectivity index (χ0) is 20.2. The van der Waals surface area contributed by atoms with Gasteiger partial charge in [-0.05, 0) is 55.0 Å². The Balaban J connectivity index is 1.62. The average molecular weight is 411 g/mol. The molecule has 4 atom stereocenters. The normalized spacial score (nSPS) is 25.4. The van der Waals surface area contributed by atoms with Crippen molar-refractivity contribution in [1.82, 2.24) is 10.6 Å². The van der Waals surface area contributed by atoms with Crippen molar-refractivity contribution in [3.05, 3.63) is 70.7 Å². The molecule has 0 aliphatic carbocycles. The van der Waals surface area contributed by atoms with Gasteiger partial charge in [0, 0.05) is 17.6 Å². The lowest BCUT2D eigenvalue weighted by molar-refractivity contribution is -0.134. The van der Waals surface area contributed by atoms with E-state index in [0.29, 0.717) is 11.6 Å². The Hall–Kier alpha value is -2.17. The van der Waals surface area contributed by atoms with Crippen LogP contribution in [0, 0.1) is 11.8 Å². The number of piperidine rings is 1. The first-order valence-electron chi connectivity index (χ1n) is 10.5. The molecular formula is C24H27ClN2O2. The maximum Gasteiger partial charge on any atom is 0.230 e. The number of Topliss-reactive ketones (excluding diaryl/α,β-unsaturated/α-hetero) is 1. The molecule has 0 saturated carbocycles. The summed E-state index contributed by atoms with van der Waals surface area (Å²) in [5.74, 6) is -1.07. The lowest BCUT2D eigenvalue weighted by Gasteiger charge is -2.33. The van der Waals surface area contributed by atoms with Gasteiger partial charge in [-0.1, -0.05) is 60.5 Å². The number of nitrogens with one attached hydrogen (secondary N) is 2. The molecule has 2 heterocycles. The van der Waals surface area contributed by atoms with Crippen molar-refractivity contribution in [2.75, 3.05) is 13.1 Å². The smallest absolute Gasteiger partial charge is 0.230 e. The number of carbonyl (C=O) groups is 2. The second kappa shape index (κ2) is 9.10. The van der Waals surface area contributed by atoms with E-state index in [2.05, 4.69) is 22.8 Å². The number of hydrogen-bond donors (Lipinski definition) is 2. The predicted molar refractivity (Wildman–Crippen MR) is 115 cm³/mol. The third-order valence-electron chi connectivity index (χ3n) is 6.23. The van der Waals surface area contributed by atoms with Crippen LogP contribution in [0.25, 0.3) is 0 Å². The molecule has 2 saturated heterocycles. The van der Waals surface area contributed by atoms with E-state index in [1.54, 1.807) is 0 Å². The molecule has 4 rings (SSSR count). The fourth-order valence-electron chi connectivity index (χ4n) is 4.76. The van der Waals surface area contributed by atoms with Crippen molar-refractivity contribution in [2.45, 2.75) is 37.6 Å². The number of benzene rings is 2. The van der Waals surface area contributed by atoms with Crippen LogP contribution in [0.3, 0.4) is 0 Å². The van der Waals surface area contributed by atoms with E-state index in [0.717, 1.165) is 43.4 Å². The molecule has 5 heteroatoms. The maximum atomic E-state index is 13.8. The monoisotopic (exact) mass is 410 g/mol. The Bertz CT molecular complexity index is 847. The number of carbonyl (C=O) groups excluding carboxylic acids is 2. The van der Waals surface area contributed by atoms with E-state index in [9.17, 15) is 9.59 Å². The Morgan fingerprint density at radius 2 is 1.83 bits per heavy atom. The molecule has 2 aliphatic rings. The number of amides is 1. The molecule has 152 valence electrons. The lowest BCUT2D eigenvalue weighted by Crippen LogP contribution is -2.45. The van der Waals surface area contributed by atoms with Crippen molar-refractivity contribution < 1.29 is 9.59 Å². The molecule has 1 unspecified atom stereocenters. The number of halogens is 1. The molecule has 0 spiro atoms. The highest BCUT2D eigenvalue weighted by molar-refractivity contribution is 6.30. The van der Waals surface area contributed by atoms with Gasteiger partial charge >= 0.3 is 0 Å². The minimum atomic E-state index is -0.611. The number of rotatable bonds is 6. The first-order valence-corrected chi connectivity index (χ1v) is 10.9. The van der Waals surface area contributed by atoms with Crippen LogP contribution in [0.4, 0.5) is 0 Å². The molecule has 0 radical (unpaired) electrons. The first kappa shape index (κ1) is 20.1. The summed E-state index contributed by atoms with van der Waals surface area (Å²) in [6.45, 7) is 1.46. The Morgan fingerprint density at radius 3 is 2.52 bits per heavy atom.